The summed E-state index contributed by atoms with van der Waals surface area (Å²) >= 11 is 0. The van der Waals surface area contributed by atoms with Gasteiger partial charge in [0.25, 0.3) is 0 Å². The molecule has 1 unspecified atom stereocenters. The molecule has 1 saturated heterocycles. The molecular weight excluding hydrogens is 236 g/mol. The Labute approximate surface area is 116 Å². The highest BCUT2D eigenvalue weighted by Gasteiger charge is 2.32. The van der Waals surface area contributed by atoms with Crippen LogP contribution in [0.15, 0.2) is 22.8 Å². The third-order valence-electron chi connectivity index (χ3n) is 4.81. The molecule has 1 saturated carbocycles. The van der Waals surface area contributed by atoms with Gasteiger partial charge in [-0.15, -0.1) is 0 Å². The number of hydrogen-bond donors (Lipinski definition) is 1. The lowest BCUT2D eigenvalue weighted by atomic mass is 9.96. The first-order valence-electron chi connectivity index (χ1n) is 7.90. The van der Waals surface area contributed by atoms with E-state index >= 15 is 0 Å². The molecule has 2 heterocycles. The van der Waals surface area contributed by atoms with Gasteiger partial charge in [0.1, 0.15) is 5.76 Å². The van der Waals surface area contributed by atoms with Crippen molar-refractivity contribution in [2.75, 3.05) is 19.6 Å². The number of furan rings is 1. The fourth-order valence-corrected chi connectivity index (χ4v) is 3.85. The van der Waals surface area contributed by atoms with Crippen LogP contribution in [-0.2, 0) is 6.54 Å². The normalized spacial score (nSPS) is 25.4. The zero-order valence-corrected chi connectivity index (χ0v) is 11.8. The molecule has 0 spiro atoms. The van der Waals surface area contributed by atoms with E-state index < -0.39 is 0 Å². The smallest absolute Gasteiger partial charge is 0.117 e. The van der Waals surface area contributed by atoms with Gasteiger partial charge in [-0.1, -0.05) is 12.8 Å². The Morgan fingerprint density at radius 3 is 2.89 bits per heavy atom. The fraction of sp³-hybridized carbons (Fsp3) is 0.750. The molecule has 1 N–H and O–H groups in total. The molecule has 1 aromatic heterocycles. The van der Waals surface area contributed by atoms with Crippen LogP contribution in [0.25, 0.3) is 0 Å². The van der Waals surface area contributed by atoms with E-state index in [4.69, 9.17) is 4.42 Å². The van der Waals surface area contributed by atoms with Crippen molar-refractivity contribution >= 4 is 0 Å². The molecule has 0 bridgehead atoms. The van der Waals surface area contributed by atoms with Crippen molar-refractivity contribution in [1.29, 1.82) is 0 Å². The van der Waals surface area contributed by atoms with Crippen LogP contribution in [0.4, 0.5) is 0 Å². The van der Waals surface area contributed by atoms with Gasteiger partial charge in [0.05, 0.1) is 12.8 Å². The summed E-state index contributed by atoms with van der Waals surface area (Å²) in [7, 11) is 0. The minimum absolute atomic E-state index is 0.856. The molecule has 19 heavy (non-hydrogen) atoms. The van der Waals surface area contributed by atoms with Gasteiger partial charge in [-0.05, 0) is 50.3 Å². The van der Waals surface area contributed by atoms with Gasteiger partial charge in [-0.3, -0.25) is 4.90 Å². The minimum Gasteiger partial charge on any atom is -0.468 e. The summed E-state index contributed by atoms with van der Waals surface area (Å²) in [5.74, 6) is 2.03. The summed E-state index contributed by atoms with van der Waals surface area (Å²) < 4.78 is 5.33. The second-order valence-electron chi connectivity index (χ2n) is 6.05. The summed E-state index contributed by atoms with van der Waals surface area (Å²) in [6.07, 6.45) is 10.5. The maximum absolute atomic E-state index is 5.33. The third kappa shape index (κ3) is 3.40. The maximum Gasteiger partial charge on any atom is 0.117 e. The van der Waals surface area contributed by atoms with Crippen molar-refractivity contribution in [1.82, 2.24) is 10.2 Å². The zero-order valence-electron chi connectivity index (χ0n) is 11.8. The monoisotopic (exact) mass is 262 g/mol. The van der Waals surface area contributed by atoms with Crippen LogP contribution >= 0.6 is 0 Å². The van der Waals surface area contributed by atoms with Gasteiger partial charge >= 0.3 is 0 Å². The lowest BCUT2D eigenvalue weighted by molar-refractivity contribution is 0.191. The van der Waals surface area contributed by atoms with Gasteiger partial charge < -0.3 is 9.73 Å². The Kier molecular flexibility index (Phi) is 4.57. The second-order valence-corrected chi connectivity index (χ2v) is 6.05. The molecule has 1 aliphatic heterocycles. The van der Waals surface area contributed by atoms with Gasteiger partial charge in [0.2, 0.25) is 0 Å². The molecule has 1 atom stereocenters. The molecule has 1 aromatic rings. The number of likely N-dealkylation sites (tertiary alicyclic amines) is 1. The van der Waals surface area contributed by atoms with Crippen molar-refractivity contribution in [2.24, 2.45) is 5.92 Å². The van der Waals surface area contributed by atoms with Crippen LogP contribution in [0, 0.1) is 5.92 Å². The predicted molar refractivity (Wildman–Crippen MR) is 77.0 cm³/mol. The molecule has 3 nitrogen and oxygen atoms in total. The van der Waals surface area contributed by atoms with Crippen LogP contribution in [0.5, 0.6) is 0 Å². The van der Waals surface area contributed by atoms with Crippen molar-refractivity contribution in [3.63, 3.8) is 0 Å². The molecule has 0 radical (unpaired) electrons. The van der Waals surface area contributed by atoms with E-state index in [9.17, 15) is 0 Å². The zero-order chi connectivity index (χ0) is 12.9. The molecule has 2 fully saturated rings. The topological polar surface area (TPSA) is 28.4 Å². The molecule has 2 aliphatic rings. The van der Waals surface area contributed by atoms with E-state index in [1.165, 1.54) is 51.6 Å². The van der Waals surface area contributed by atoms with E-state index in [1.54, 1.807) is 6.26 Å². The van der Waals surface area contributed by atoms with Crippen molar-refractivity contribution < 1.29 is 4.42 Å². The van der Waals surface area contributed by atoms with E-state index in [2.05, 4.69) is 10.2 Å². The lowest BCUT2D eigenvalue weighted by Crippen LogP contribution is -2.39. The quantitative estimate of drug-likeness (QED) is 0.799. The third-order valence-corrected chi connectivity index (χ3v) is 4.81. The Morgan fingerprint density at radius 1 is 1.21 bits per heavy atom. The van der Waals surface area contributed by atoms with Crippen molar-refractivity contribution in [2.45, 2.75) is 51.1 Å². The highest BCUT2D eigenvalue weighted by molar-refractivity contribution is 4.97. The SMILES string of the molecule is c1coc(CNCCN2CCCC2C2CCCC2)c1. The number of nitrogens with zero attached hydrogens (tertiary/aromatic N) is 1. The van der Waals surface area contributed by atoms with Crippen LogP contribution in [-0.4, -0.2) is 30.6 Å². The van der Waals surface area contributed by atoms with E-state index in [-0.39, 0.29) is 0 Å². The Balaban J connectivity index is 1.39. The minimum atomic E-state index is 0.856. The average molecular weight is 262 g/mol. The molecule has 3 heteroatoms. The van der Waals surface area contributed by atoms with E-state index in [1.807, 2.05) is 12.1 Å². The van der Waals surface area contributed by atoms with E-state index in [0.717, 1.165) is 30.8 Å². The average Bonchev–Trinajstić information content (AvgIpc) is 3.15. The van der Waals surface area contributed by atoms with Gasteiger partial charge in [-0.2, -0.15) is 0 Å². The van der Waals surface area contributed by atoms with Crippen LogP contribution in [0.2, 0.25) is 0 Å². The Morgan fingerprint density at radius 2 is 2.11 bits per heavy atom. The highest BCUT2D eigenvalue weighted by Crippen LogP contribution is 2.35. The Hall–Kier alpha value is -0.800. The van der Waals surface area contributed by atoms with Crippen LogP contribution in [0.1, 0.15) is 44.3 Å². The van der Waals surface area contributed by atoms with Crippen LogP contribution in [0.3, 0.4) is 0 Å². The molecule has 0 amide bonds. The second kappa shape index (κ2) is 6.58. The fourth-order valence-electron chi connectivity index (χ4n) is 3.85. The molecular formula is C16H26N2O. The summed E-state index contributed by atoms with van der Waals surface area (Å²) in [6.45, 7) is 4.43. The van der Waals surface area contributed by atoms with Crippen molar-refractivity contribution in [3.05, 3.63) is 24.2 Å². The first-order valence-corrected chi connectivity index (χ1v) is 7.90. The molecule has 106 valence electrons. The summed E-state index contributed by atoms with van der Waals surface area (Å²) in [4.78, 5) is 2.73. The number of rotatable bonds is 6. The first kappa shape index (κ1) is 13.2. The lowest BCUT2D eigenvalue weighted by Gasteiger charge is -2.29. The predicted octanol–water partition coefficient (Wildman–Crippen LogP) is 3.02. The summed E-state index contributed by atoms with van der Waals surface area (Å²) in [6, 6.07) is 4.87. The molecule has 0 aromatic carbocycles. The Bertz CT molecular complexity index is 357. The van der Waals surface area contributed by atoms with Gasteiger partial charge in [0, 0.05) is 19.1 Å². The standard InChI is InChI=1S/C16H26N2O/c1-2-6-14(5-1)16-8-3-10-18(16)11-9-17-13-15-7-4-12-19-15/h4,7,12,14,16-17H,1-3,5-6,8-11,13H2. The summed E-state index contributed by atoms with van der Waals surface area (Å²) in [5.41, 5.74) is 0. The maximum atomic E-state index is 5.33. The van der Waals surface area contributed by atoms with Crippen molar-refractivity contribution in [3.8, 4) is 0 Å². The van der Waals surface area contributed by atoms with Gasteiger partial charge in [-0.25, -0.2) is 0 Å². The van der Waals surface area contributed by atoms with E-state index in [0.29, 0.717) is 0 Å². The van der Waals surface area contributed by atoms with Crippen LogP contribution < -0.4 is 5.32 Å². The molecule has 1 aliphatic carbocycles. The van der Waals surface area contributed by atoms with Gasteiger partial charge in [0.15, 0.2) is 0 Å². The highest BCUT2D eigenvalue weighted by atomic mass is 16.3. The first-order chi connectivity index (χ1) is 9.43. The largest absolute Gasteiger partial charge is 0.468 e. The number of hydrogen-bond acceptors (Lipinski definition) is 3. The number of nitrogens with one attached hydrogen (secondary N) is 1. The summed E-state index contributed by atoms with van der Waals surface area (Å²) in [5, 5.41) is 3.49. The molecule has 3 rings (SSSR count).